The van der Waals surface area contributed by atoms with Crippen molar-refractivity contribution in [1.29, 1.82) is 0 Å². The predicted molar refractivity (Wildman–Crippen MR) is 71.3 cm³/mol. The molecule has 0 fully saturated rings. The van der Waals surface area contributed by atoms with Crippen LogP contribution in [0, 0.1) is 11.2 Å². The largest absolute Gasteiger partial charge is 0.396 e. The van der Waals surface area contributed by atoms with Crippen molar-refractivity contribution < 1.29 is 9.50 Å². The minimum atomic E-state index is -0.424. The van der Waals surface area contributed by atoms with Gasteiger partial charge in [-0.3, -0.25) is 5.84 Å². The molecule has 4 heteroatoms. The number of hydrogen-bond acceptors (Lipinski definition) is 3. The van der Waals surface area contributed by atoms with Crippen LogP contribution < -0.4 is 5.84 Å². The first-order chi connectivity index (χ1) is 8.50. The number of aliphatic hydroxyl groups excluding tert-OH is 1. The predicted octanol–water partition coefficient (Wildman–Crippen LogP) is 1.95. The average molecular weight is 254 g/mol. The summed E-state index contributed by atoms with van der Waals surface area (Å²) >= 11 is 0. The van der Waals surface area contributed by atoms with Crippen LogP contribution in [-0.4, -0.2) is 29.8 Å². The molecule has 0 aliphatic rings. The zero-order valence-corrected chi connectivity index (χ0v) is 11.2. The lowest BCUT2D eigenvalue weighted by molar-refractivity contribution is 0.0872. The molecule has 3 N–H and O–H groups in total. The third-order valence-electron chi connectivity index (χ3n) is 3.05. The van der Waals surface area contributed by atoms with Crippen LogP contribution in [0.5, 0.6) is 0 Å². The minimum Gasteiger partial charge on any atom is -0.396 e. The van der Waals surface area contributed by atoms with Gasteiger partial charge < -0.3 is 5.11 Å². The number of benzene rings is 1. The maximum atomic E-state index is 13.6. The summed E-state index contributed by atoms with van der Waals surface area (Å²) in [6, 6.07) is 6.67. The van der Waals surface area contributed by atoms with Gasteiger partial charge in [0.15, 0.2) is 0 Å². The van der Waals surface area contributed by atoms with E-state index in [1.54, 1.807) is 17.1 Å². The van der Waals surface area contributed by atoms with E-state index in [1.165, 1.54) is 6.07 Å². The van der Waals surface area contributed by atoms with Gasteiger partial charge in [-0.25, -0.2) is 9.40 Å². The van der Waals surface area contributed by atoms with Crippen molar-refractivity contribution in [3.63, 3.8) is 0 Å². The topological polar surface area (TPSA) is 49.5 Å². The van der Waals surface area contributed by atoms with Crippen LogP contribution in [0.15, 0.2) is 24.3 Å². The monoisotopic (exact) mass is 254 g/mol. The van der Waals surface area contributed by atoms with Crippen molar-refractivity contribution >= 4 is 0 Å². The molecule has 3 nitrogen and oxygen atoms in total. The number of aliphatic hydroxyl groups is 1. The van der Waals surface area contributed by atoms with E-state index in [2.05, 4.69) is 0 Å². The second-order valence-corrected chi connectivity index (χ2v) is 5.21. The molecular weight excluding hydrogens is 231 g/mol. The molecular formula is C14H23FN2O. The summed E-state index contributed by atoms with van der Waals surface area (Å²) in [6.07, 6.45) is 1.44. The summed E-state index contributed by atoms with van der Waals surface area (Å²) in [5.41, 5.74) is 0.200. The summed E-state index contributed by atoms with van der Waals surface area (Å²) in [7, 11) is 0. The van der Waals surface area contributed by atoms with E-state index in [9.17, 15) is 9.50 Å². The molecule has 0 radical (unpaired) electrons. The summed E-state index contributed by atoms with van der Waals surface area (Å²) in [5, 5.41) is 11.2. The van der Waals surface area contributed by atoms with E-state index < -0.39 is 5.41 Å². The van der Waals surface area contributed by atoms with Gasteiger partial charge in [-0.1, -0.05) is 32.0 Å². The Morgan fingerprint density at radius 2 is 2.06 bits per heavy atom. The van der Waals surface area contributed by atoms with Crippen molar-refractivity contribution in [2.24, 2.45) is 11.3 Å². The highest BCUT2D eigenvalue weighted by molar-refractivity contribution is 5.19. The highest BCUT2D eigenvalue weighted by Gasteiger charge is 2.27. The molecule has 18 heavy (non-hydrogen) atoms. The van der Waals surface area contributed by atoms with Crippen molar-refractivity contribution in [2.45, 2.75) is 26.7 Å². The number of nitrogens with zero attached hydrogens (tertiary/aromatic N) is 1. The Labute approximate surface area is 108 Å². The molecule has 0 saturated heterocycles. The summed E-state index contributed by atoms with van der Waals surface area (Å²) in [4.78, 5) is 0. The van der Waals surface area contributed by atoms with Crippen molar-refractivity contribution in [3.8, 4) is 0 Å². The molecule has 0 aromatic heterocycles. The Hall–Kier alpha value is -0.970. The van der Waals surface area contributed by atoms with Gasteiger partial charge >= 0.3 is 0 Å². The minimum absolute atomic E-state index is 0.0151. The molecule has 0 heterocycles. The fraction of sp³-hybridized carbons (Fsp3) is 0.571. The quantitative estimate of drug-likeness (QED) is 0.577. The number of rotatable bonds is 7. The third kappa shape index (κ3) is 4.37. The Balaban J connectivity index is 2.73. The Kier molecular flexibility index (Phi) is 5.72. The number of hydrazine groups is 1. The Morgan fingerprint density at radius 1 is 1.39 bits per heavy atom. The molecule has 102 valence electrons. The summed E-state index contributed by atoms with van der Waals surface area (Å²) < 4.78 is 13.6. The number of halogens is 1. The standard InChI is InChI=1S/C14H23FN2O/c1-3-8-17(16)10-14(2,11-18)9-12-6-4-5-7-13(12)15/h4-7,18H,3,8-11,16H2,1-2H3. The van der Waals surface area contributed by atoms with Gasteiger partial charge in [0.2, 0.25) is 0 Å². The maximum Gasteiger partial charge on any atom is 0.126 e. The summed E-state index contributed by atoms with van der Waals surface area (Å²) in [5.74, 6) is 5.64. The van der Waals surface area contributed by atoms with E-state index in [4.69, 9.17) is 5.84 Å². The van der Waals surface area contributed by atoms with Gasteiger partial charge in [-0.05, 0) is 24.5 Å². The second kappa shape index (κ2) is 6.83. The van der Waals surface area contributed by atoms with Gasteiger partial charge in [-0.2, -0.15) is 0 Å². The van der Waals surface area contributed by atoms with Crippen LogP contribution in [0.2, 0.25) is 0 Å². The van der Waals surface area contributed by atoms with E-state index in [1.807, 2.05) is 19.9 Å². The van der Waals surface area contributed by atoms with E-state index in [0.717, 1.165) is 13.0 Å². The van der Waals surface area contributed by atoms with E-state index in [-0.39, 0.29) is 12.4 Å². The van der Waals surface area contributed by atoms with Crippen molar-refractivity contribution in [3.05, 3.63) is 35.6 Å². The molecule has 0 saturated carbocycles. The fourth-order valence-electron chi connectivity index (χ4n) is 2.12. The molecule has 0 aliphatic heterocycles. The first-order valence-corrected chi connectivity index (χ1v) is 6.34. The van der Waals surface area contributed by atoms with Crippen LogP contribution in [0.3, 0.4) is 0 Å². The van der Waals surface area contributed by atoms with E-state index >= 15 is 0 Å². The fourth-order valence-corrected chi connectivity index (χ4v) is 2.12. The molecule has 1 atom stereocenters. The number of nitrogens with two attached hydrogens (primary N) is 1. The Morgan fingerprint density at radius 3 is 2.61 bits per heavy atom. The van der Waals surface area contributed by atoms with Gasteiger partial charge in [0.25, 0.3) is 0 Å². The third-order valence-corrected chi connectivity index (χ3v) is 3.05. The molecule has 0 amide bonds. The Bertz CT molecular complexity index is 373. The van der Waals surface area contributed by atoms with Crippen LogP contribution >= 0.6 is 0 Å². The molecule has 1 rings (SSSR count). The van der Waals surface area contributed by atoms with Gasteiger partial charge in [-0.15, -0.1) is 0 Å². The first kappa shape index (κ1) is 15.1. The van der Waals surface area contributed by atoms with Crippen LogP contribution in [0.4, 0.5) is 4.39 Å². The van der Waals surface area contributed by atoms with Crippen molar-refractivity contribution in [1.82, 2.24) is 5.01 Å². The molecule has 1 aromatic carbocycles. The van der Waals surface area contributed by atoms with Gasteiger partial charge in [0.05, 0.1) is 6.61 Å². The van der Waals surface area contributed by atoms with Gasteiger partial charge in [0.1, 0.15) is 5.82 Å². The maximum absolute atomic E-state index is 13.6. The highest BCUT2D eigenvalue weighted by atomic mass is 19.1. The lowest BCUT2D eigenvalue weighted by Gasteiger charge is -2.32. The van der Waals surface area contributed by atoms with Crippen LogP contribution in [0.1, 0.15) is 25.8 Å². The number of hydrogen-bond donors (Lipinski definition) is 2. The lowest BCUT2D eigenvalue weighted by Crippen LogP contribution is -2.44. The second-order valence-electron chi connectivity index (χ2n) is 5.21. The smallest absolute Gasteiger partial charge is 0.126 e. The normalized spacial score (nSPS) is 14.8. The summed E-state index contributed by atoms with van der Waals surface area (Å²) in [6.45, 7) is 5.28. The van der Waals surface area contributed by atoms with Crippen LogP contribution in [-0.2, 0) is 6.42 Å². The first-order valence-electron chi connectivity index (χ1n) is 6.34. The van der Waals surface area contributed by atoms with Gasteiger partial charge in [0, 0.05) is 18.5 Å². The molecule has 0 bridgehead atoms. The average Bonchev–Trinajstić information content (AvgIpc) is 2.32. The molecule has 1 unspecified atom stereocenters. The SMILES string of the molecule is CCCN(N)CC(C)(CO)Cc1ccccc1F. The lowest BCUT2D eigenvalue weighted by atomic mass is 9.84. The zero-order chi connectivity index (χ0) is 13.6. The van der Waals surface area contributed by atoms with Crippen LogP contribution in [0.25, 0.3) is 0 Å². The molecule has 1 aromatic rings. The highest BCUT2D eigenvalue weighted by Crippen LogP contribution is 2.24. The molecule has 0 aliphatic carbocycles. The molecule has 0 spiro atoms. The van der Waals surface area contributed by atoms with Crippen molar-refractivity contribution in [2.75, 3.05) is 19.7 Å². The zero-order valence-electron chi connectivity index (χ0n) is 11.2. The van der Waals surface area contributed by atoms with E-state index in [0.29, 0.717) is 18.5 Å².